The molecule has 2 nitrogen and oxygen atoms in total. The minimum Gasteiger partial charge on any atom is -0.344 e. The van der Waals surface area contributed by atoms with Crippen molar-refractivity contribution >= 4 is 0 Å². The molecule has 0 aromatic carbocycles. The van der Waals surface area contributed by atoms with Crippen LogP contribution in [-0.4, -0.2) is 11.9 Å². The van der Waals surface area contributed by atoms with E-state index < -0.39 is 6.29 Å². The molecule has 0 aliphatic carbocycles. The lowest BCUT2D eigenvalue weighted by Crippen LogP contribution is -2.25. The highest BCUT2D eigenvalue weighted by Crippen LogP contribution is 2.10. The summed E-state index contributed by atoms with van der Waals surface area (Å²) >= 11 is 0. The molecule has 9 heavy (non-hydrogen) atoms. The molecule has 0 aromatic heterocycles. The molecule has 0 aromatic rings. The second kappa shape index (κ2) is 3.18. The fourth-order valence-electron chi connectivity index (χ4n) is 0.478. The molecule has 55 valence electrons. The van der Waals surface area contributed by atoms with Gasteiger partial charge in [-0.05, 0) is 27.2 Å². The Morgan fingerprint density at radius 3 is 2.00 bits per heavy atom. The Hall–Kier alpha value is -0.0800. The quantitative estimate of drug-likeness (QED) is 0.527. The van der Waals surface area contributed by atoms with Crippen molar-refractivity contribution in [2.45, 2.75) is 46.0 Å². The summed E-state index contributed by atoms with van der Waals surface area (Å²) in [5.41, 5.74) is -0.289. The van der Waals surface area contributed by atoms with Gasteiger partial charge in [0.15, 0.2) is 6.29 Å². The predicted octanol–water partition coefficient (Wildman–Crippen LogP) is 1.97. The van der Waals surface area contributed by atoms with Crippen molar-refractivity contribution < 1.29 is 9.84 Å². The monoisotopic (exact) mass is 131 g/mol. The van der Waals surface area contributed by atoms with Crippen LogP contribution in [0.25, 0.3) is 0 Å². The average Bonchev–Trinajstić information content (AvgIpc) is 1.62. The molecular weight excluding hydrogens is 116 g/mol. The van der Waals surface area contributed by atoms with E-state index in [1.807, 2.05) is 27.7 Å². The Labute approximate surface area is 56.8 Å². The number of rotatable bonds is 2. The molecule has 0 fully saturated rings. The van der Waals surface area contributed by atoms with Crippen LogP contribution in [0.3, 0.4) is 0 Å². The van der Waals surface area contributed by atoms with Gasteiger partial charge in [-0.3, -0.25) is 0 Å². The molecule has 0 amide bonds. The van der Waals surface area contributed by atoms with Crippen molar-refractivity contribution in [2.24, 2.45) is 0 Å². The largest absolute Gasteiger partial charge is 0.344 e. The molecule has 1 radical (unpaired) electrons. The maximum atomic E-state index is 10.7. The highest BCUT2D eigenvalue weighted by Gasteiger charge is 2.15. The number of ether oxygens (including phenoxy) is 1. The topological polar surface area (TPSA) is 29.1 Å². The minimum atomic E-state index is -0.856. The summed E-state index contributed by atoms with van der Waals surface area (Å²) in [6.45, 7) is 7.47. The van der Waals surface area contributed by atoms with Crippen molar-refractivity contribution in [2.75, 3.05) is 0 Å². The Kier molecular flexibility index (Phi) is 3.15. The zero-order valence-corrected chi connectivity index (χ0v) is 6.60. The standard InChI is InChI=1S/C7H15O2/c1-5-6(8)9-7(2,3)4/h6H,5H2,1-4H3. The normalized spacial score (nSPS) is 15.7. The minimum absolute atomic E-state index is 0.289. The van der Waals surface area contributed by atoms with Crippen molar-refractivity contribution in [3.63, 3.8) is 0 Å². The van der Waals surface area contributed by atoms with Crippen LogP contribution < -0.4 is 0 Å². The van der Waals surface area contributed by atoms with Crippen LogP contribution in [-0.2, 0) is 9.84 Å². The second-order valence-electron chi connectivity index (χ2n) is 3.07. The van der Waals surface area contributed by atoms with E-state index in [1.54, 1.807) is 0 Å². The highest BCUT2D eigenvalue weighted by atomic mass is 16.6. The van der Waals surface area contributed by atoms with Crippen LogP contribution in [0.2, 0.25) is 0 Å². The van der Waals surface area contributed by atoms with Crippen LogP contribution in [0.5, 0.6) is 0 Å². The van der Waals surface area contributed by atoms with Gasteiger partial charge in [0.05, 0.1) is 5.60 Å². The first-order chi connectivity index (χ1) is 3.95. The Bertz CT molecular complexity index is 73.5. The third-order valence-electron chi connectivity index (χ3n) is 0.818. The van der Waals surface area contributed by atoms with Gasteiger partial charge in [-0.25, -0.2) is 5.11 Å². The molecule has 0 rings (SSSR count). The van der Waals surface area contributed by atoms with Gasteiger partial charge in [0.2, 0.25) is 0 Å². The SMILES string of the molecule is CCC([O])OC(C)(C)C. The van der Waals surface area contributed by atoms with Crippen molar-refractivity contribution in [1.29, 1.82) is 0 Å². The summed E-state index contributed by atoms with van der Waals surface area (Å²) in [6.07, 6.45) is -0.318. The molecular formula is C7H15O2. The second-order valence-corrected chi connectivity index (χ2v) is 3.07. The number of hydrogen-bond acceptors (Lipinski definition) is 1. The molecule has 0 spiro atoms. The van der Waals surface area contributed by atoms with Gasteiger partial charge < -0.3 is 4.74 Å². The molecule has 0 bridgehead atoms. The highest BCUT2D eigenvalue weighted by molar-refractivity contribution is 4.58. The van der Waals surface area contributed by atoms with Crippen LogP contribution in [0.15, 0.2) is 0 Å². The van der Waals surface area contributed by atoms with Crippen molar-refractivity contribution in [3.8, 4) is 0 Å². The molecule has 0 saturated heterocycles. The summed E-state index contributed by atoms with van der Waals surface area (Å²) in [5, 5.41) is 10.7. The van der Waals surface area contributed by atoms with E-state index in [2.05, 4.69) is 0 Å². The summed E-state index contributed by atoms with van der Waals surface area (Å²) in [7, 11) is 0. The van der Waals surface area contributed by atoms with Crippen molar-refractivity contribution in [1.82, 2.24) is 0 Å². The molecule has 0 saturated carbocycles. The van der Waals surface area contributed by atoms with Crippen molar-refractivity contribution in [3.05, 3.63) is 0 Å². The first-order valence-corrected chi connectivity index (χ1v) is 3.29. The Morgan fingerprint density at radius 2 is 1.89 bits per heavy atom. The zero-order valence-electron chi connectivity index (χ0n) is 6.60. The van der Waals surface area contributed by atoms with Gasteiger partial charge in [0.1, 0.15) is 0 Å². The Balaban J connectivity index is 3.47. The molecule has 1 atom stereocenters. The number of hydrogen-bond donors (Lipinski definition) is 0. The van der Waals surface area contributed by atoms with Gasteiger partial charge in [-0.1, -0.05) is 6.92 Å². The van der Waals surface area contributed by atoms with Crippen LogP contribution in [0.4, 0.5) is 0 Å². The van der Waals surface area contributed by atoms with E-state index in [1.165, 1.54) is 0 Å². The van der Waals surface area contributed by atoms with Gasteiger partial charge in [0.25, 0.3) is 0 Å². The lowest BCUT2D eigenvalue weighted by atomic mass is 10.2. The fourth-order valence-corrected chi connectivity index (χ4v) is 0.478. The van der Waals surface area contributed by atoms with Crippen LogP contribution in [0.1, 0.15) is 34.1 Å². The third-order valence-corrected chi connectivity index (χ3v) is 0.818. The molecule has 2 heteroatoms. The molecule has 0 N–H and O–H groups in total. The predicted molar refractivity (Wildman–Crippen MR) is 35.6 cm³/mol. The smallest absolute Gasteiger partial charge is 0.191 e. The van der Waals surface area contributed by atoms with Gasteiger partial charge in [0, 0.05) is 0 Å². The van der Waals surface area contributed by atoms with E-state index in [9.17, 15) is 5.11 Å². The molecule has 0 aliphatic heterocycles. The lowest BCUT2D eigenvalue weighted by Gasteiger charge is -2.21. The van der Waals surface area contributed by atoms with E-state index >= 15 is 0 Å². The summed E-state index contributed by atoms with van der Waals surface area (Å²) < 4.78 is 5.03. The summed E-state index contributed by atoms with van der Waals surface area (Å²) in [5.74, 6) is 0. The van der Waals surface area contributed by atoms with Crippen LogP contribution in [0, 0.1) is 0 Å². The van der Waals surface area contributed by atoms with Gasteiger partial charge in [-0.2, -0.15) is 0 Å². The maximum Gasteiger partial charge on any atom is 0.191 e. The van der Waals surface area contributed by atoms with E-state index in [4.69, 9.17) is 4.74 Å². The third kappa shape index (κ3) is 5.80. The van der Waals surface area contributed by atoms with Gasteiger partial charge in [-0.15, -0.1) is 0 Å². The average molecular weight is 131 g/mol. The van der Waals surface area contributed by atoms with E-state index in [0.29, 0.717) is 6.42 Å². The summed E-state index contributed by atoms with van der Waals surface area (Å²) in [6, 6.07) is 0. The molecule has 0 heterocycles. The fraction of sp³-hybridized carbons (Fsp3) is 1.00. The molecule has 0 aliphatic rings. The van der Waals surface area contributed by atoms with E-state index in [0.717, 1.165) is 0 Å². The first-order valence-electron chi connectivity index (χ1n) is 3.29. The van der Waals surface area contributed by atoms with E-state index in [-0.39, 0.29) is 5.60 Å². The molecule has 1 unspecified atom stereocenters. The Morgan fingerprint density at radius 1 is 1.44 bits per heavy atom. The van der Waals surface area contributed by atoms with Gasteiger partial charge >= 0.3 is 0 Å². The lowest BCUT2D eigenvalue weighted by molar-refractivity contribution is -0.196. The zero-order chi connectivity index (χ0) is 7.49. The van der Waals surface area contributed by atoms with Crippen LogP contribution >= 0.6 is 0 Å². The maximum absolute atomic E-state index is 10.7. The first kappa shape index (κ1) is 8.92. The summed E-state index contributed by atoms with van der Waals surface area (Å²) in [4.78, 5) is 0.